The second-order valence-electron chi connectivity index (χ2n) is 9.42. The number of methoxy groups -OCH3 is 1. The molecule has 1 fully saturated rings. The lowest BCUT2D eigenvalue weighted by atomic mass is 9.69. The highest BCUT2D eigenvalue weighted by molar-refractivity contribution is 6.30. The number of anilines is 1. The molecule has 5 nitrogen and oxygen atoms in total. The number of aldehydes is 1. The average Bonchev–Trinajstić information content (AvgIpc) is 2.93. The first-order chi connectivity index (χ1) is 15.5. The first-order valence-corrected chi connectivity index (χ1v) is 11.7. The molecule has 0 radical (unpaired) electrons. The highest BCUT2D eigenvalue weighted by Crippen LogP contribution is 2.46. The maximum atomic E-state index is 12.2. The molecule has 32 heavy (non-hydrogen) atoms. The van der Waals surface area contributed by atoms with Gasteiger partial charge in [0.2, 0.25) is 0 Å². The Bertz CT molecular complexity index is 1050. The molecule has 1 saturated carbocycles. The van der Waals surface area contributed by atoms with Crippen LogP contribution in [0.3, 0.4) is 0 Å². The molecule has 5 rings (SSSR count). The summed E-state index contributed by atoms with van der Waals surface area (Å²) < 4.78 is 11.4. The topological polar surface area (TPSA) is 55.8 Å². The highest BCUT2D eigenvalue weighted by atomic mass is 35.5. The van der Waals surface area contributed by atoms with Gasteiger partial charge in [0.05, 0.1) is 25.0 Å². The molecule has 3 aliphatic rings. The van der Waals surface area contributed by atoms with E-state index in [4.69, 9.17) is 21.1 Å². The second-order valence-corrected chi connectivity index (χ2v) is 9.85. The van der Waals surface area contributed by atoms with Gasteiger partial charge >= 0.3 is 5.97 Å². The minimum absolute atomic E-state index is 0.111. The van der Waals surface area contributed by atoms with E-state index in [0.717, 1.165) is 67.9 Å². The van der Waals surface area contributed by atoms with E-state index >= 15 is 0 Å². The van der Waals surface area contributed by atoms with E-state index in [1.54, 1.807) is 6.07 Å². The van der Waals surface area contributed by atoms with Crippen molar-refractivity contribution in [1.29, 1.82) is 0 Å². The van der Waals surface area contributed by atoms with Gasteiger partial charge < -0.3 is 19.2 Å². The number of ether oxygens (including phenoxy) is 2. The van der Waals surface area contributed by atoms with Gasteiger partial charge in [0.1, 0.15) is 12.0 Å². The van der Waals surface area contributed by atoms with E-state index < -0.39 is 0 Å². The number of halogens is 1. The van der Waals surface area contributed by atoms with Crippen LogP contribution in [0.4, 0.5) is 5.69 Å². The van der Waals surface area contributed by atoms with Crippen LogP contribution in [0.2, 0.25) is 5.02 Å². The molecule has 0 N–H and O–H groups in total. The van der Waals surface area contributed by atoms with Gasteiger partial charge in [-0.25, -0.2) is 4.79 Å². The van der Waals surface area contributed by atoms with E-state index in [1.165, 1.54) is 18.2 Å². The zero-order valence-electron chi connectivity index (χ0n) is 18.3. The molecule has 0 bridgehead atoms. The summed E-state index contributed by atoms with van der Waals surface area (Å²) in [4.78, 5) is 26.1. The molecule has 1 spiro atoms. The van der Waals surface area contributed by atoms with E-state index in [9.17, 15) is 9.59 Å². The number of nitrogens with zero attached hydrogens (tertiary/aromatic N) is 1. The zero-order valence-corrected chi connectivity index (χ0v) is 19.1. The summed E-state index contributed by atoms with van der Waals surface area (Å²) in [6.07, 6.45) is 6.23. The van der Waals surface area contributed by atoms with Crippen LogP contribution in [0.15, 0.2) is 36.4 Å². The van der Waals surface area contributed by atoms with Gasteiger partial charge in [-0.2, -0.15) is 0 Å². The lowest BCUT2D eigenvalue weighted by Crippen LogP contribution is -2.48. The number of esters is 1. The number of fused-ring (bicyclic) bond motifs is 3. The summed E-state index contributed by atoms with van der Waals surface area (Å²) in [6, 6.07) is 11.7. The summed E-state index contributed by atoms with van der Waals surface area (Å²) in [6.45, 7) is 2.13. The third-order valence-corrected chi connectivity index (χ3v) is 7.80. The van der Waals surface area contributed by atoms with Crippen LogP contribution >= 0.6 is 11.6 Å². The van der Waals surface area contributed by atoms with Crippen LogP contribution in [-0.4, -0.2) is 39.1 Å². The van der Waals surface area contributed by atoms with E-state index in [2.05, 4.69) is 17.0 Å². The van der Waals surface area contributed by atoms with Crippen molar-refractivity contribution in [3.8, 4) is 5.75 Å². The van der Waals surface area contributed by atoms with Crippen LogP contribution in [0.1, 0.15) is 47.2 Å². The third kappa shape index (κ3) is 3.66. The fourth-order valence-electron chi connectivity index (χ4n) is 5.64. The number of carbonyl (C=O) groups excluding carboxylic acids is 2. The average molecular weight is 454 g/mol. The Balaban J connectivity index is 1.56. The fourth-order valence-corrected chi connectivity index (χ4v) is 5.84. The molecular formula is C26H28ClNO4. The summed E-state index contributed by atoms with van der Waals surface area (Å²) in [5, 5.41) is 0.765. The highest BCUT2D eigenvalue weighted by Gasteiger charge is 2.43. The zero-order chi connectivity index (χ0) is 22.3. The molecule has 0 unspecified atom stereocenters. The molecule has 2 aromatic carbocycles. The molecule has 0 saturated heterocycles. The minimum atomic E-state index is -0.362. The third-order valence-electron chi connectivity index (χ3n) is 7.56. The number of hydrogen-bond acceptors (Lipinski definition) is 5. The number of benzene rings is 2. The molecule has 2 aliphatic carbocycles. The fraction of sp³-hybridized carbons (Fsp3) is 0.462. The number of aryl methyl sites for hydroxylation is 1. The molecule has 6 heteroatoms. The standard InChI is InChI=1S/C26H28ClNO4/c1-31-25(30)18-6-9-24-23(12-18)28(13-19-4-5-20(19)14-29)15-26(16-32-24)10-2-3-17-11-21(27)7-8-22(17)26/h6-9,11-12,14,19-20H,2-5,10,13,15-16H2,1H3/t19-,20-,26+/m1/s1. The van der Waals surface area contributed by atoms with Crippen molar-refractivity contribution in [1.82, 2.24) is 0 Å². The normalized spacial score (nSPS) is 26.2. The molecule has 2 aromatic rings. The Labute approximate surface area is 193 Å². The van der Waals surface area contributed by atoms with Crippen LogP contribution in [0.25, 0.3) is 0 Å². The summed E-state index contributed by atoms with van der Waals surface area (Å²) in [5.41, 5.74) is 3.85. The van der Waals surface area contributed by atoms with E-state index in [0.29, 0.717) is 18.1 Å². The Morgan fingerprint density at radius 3 is 2.91 bits per heavy atom. The predicted molar refractivity (Wildman–Crippen MR) is 124 cm³/mol. The number of rotatable bonds is 4. The lowest BCUT2D eigenvalue weighted by molar-refractivity contribution is -0.115. The first-order valence-electron chi connectivity index (χ1n) is 11.4. The quantitative estimate of drug-likeness (QED) is 0.490. The Hall–Kier alpha value is -2.53. The summed E-state index contributed by atoms with van der Waals surface area (Å²) in [7, 11) is 1.39. The van der Waals surface area contributed by atoms with Crippen molar-refractivity contribution in [2.24, 2.45) is 11.8 Å². The van der Waals surface area contributed by atoms with Gasteiger partial charge in [-0.3, -0.25) is 0 Å². The summed E-state index contributed by atoms with van der Waals surface area (Å²) in [5.74, 6) is 0.849. The van der Waals surface area contributed by atoms with Crippen LogP contribution in [0, 0.1) is 11.8 Å². The van der Waals surface area contributed by atoms with Gasteiger partial charge in [-0.05, 0) is 79.5 Å². The Morgan fingerprint density at radius 2 is 2.16 bits per heavy atom. The van der Waals surface area contributed by atoms with Crippen molar-refractivity contribution in [2.45, 2.75) is 37.5 Å². The van der Waals surface area contributed by atoms with E-state index in [-0.39, 0.29) is 17.3 Å². The van der Waals surface area contributed by atoms with Crippen LogP contribution in [0.5, 0.6) is 5.75 Å². The molecule has 1 aliphatic heterocycles. The Morgan fingerprint density at radius 1 is 1.28 bits per heavy atom. The monoisotopic (exact) mass is 453 g/mol. The SMILES string of the molecule is COC(=O)c1ccc2c(c1)N(C[C@H]1CC[C@@H]1C=O)C[C@@]1(CCCc3cc(Cl)ccc31)CO2. The predicted octanol–water partition coefficient (Wildman–Crippen LogP) is 4.82. The van der Waals surface area contributed by atoms with Crippen molar-refractivity contribution >= 4 is 29.5 Å². The number of hydrogen-bond donors (Lipinski definition) is 0. The van der Waals surface area contributed by atoms with Gasteiger partial charge in [-0.15, -0.1) is 0 Å². The second kappa shape index (κ2) is 8.43. The van der Waals surface area contributed by atoms with Crippen molar-refractivity contribution in [3.63, 3.8) is 0 Å². The van der Waals surface area contributed by atoms with Gasteiger partial charge in [0.25, 0.3) is 0 Å². The molecule has 0 amide bonds. The van der Waals surface area contributed by atoms with Gasteiger partial charge in [0, 0.05) is 29.4 Å². The van der Waals surface area contributed by atoms with Crippen molar-refractivity contribution in [3.05, 3.63) is 58.1 Å². The first kappa shape index (κ1) is 21.3. The maximum Gasteiger partial charge on any atom is 0.337 e. The summed E-state index contributed by atoms with van der Waals surface area (Å²) >= 11 is 6.31. The van der Waals surface area contributed by atoms with Gasteiger partial charge in [0.15, 0.2) is 0 Å². The smallest absolute Gasteiger partial charge is 0.337 e. The van der Waals surface area contributed by atoms with Gasteiger partial charge in [-0.1, -0.05) is 17.7 Å². The molecule has 3 atom stereocenters. The molecule has 1 heterocycles. The lowest BCUT2D eigenvalue weighted by Gasteiger charge is -2.43. The molecule has 168 valence electrons. The van der Waals surface area contributed by atoms with Crippen LogP contribution < -0.4 is 9.64 Å². The molecular weight excluding hydrogens is 426 g/mol. The van der Waals surface area contributed by atoms with E-state index in [1.807, 2.05) is 18.2 Å². The number of carbonyl (C=O) groups is 2. The Kier molecular flexibility index (Phi) is 5.62. The van der Waals surface area contributed by atoms with Crippen molar-refractivity contribution in [2.75, 3.05) is 31.7 Å². The van der Waals surface area contributed by atoms with Crippen molar-refractivity contribution < 1.29 is 19.1 Å². The minimum Gasteiger partial charge on any atom is -0.490 e. The maximum absolute atomic E-state index is 12.2. The van der Waals surface area contributed by atoms with Crippen LogP contribution in [-0.2, 0) is 21.4 Å². The molecule has 0 aromatic heterocycles. The largest absolute Gasteiger partial charge is 0.490 e.